The molecule has 2 aromatic carbocycles. The Morgan fingerprint density at radius 1 is 1.05 bits per heavy atom. The van der Waals surface area contributed by atoms with Crippen LogP contribution in [0.25, 0.3) is 0 Å². The number of aliphatic hydroxyl groups is 1. The fraction of sp³-hybridized carbons (Fsp3) is 0.250. The largest absolute Gasteiger partial charge is 0.491 e. The van der Waals surface area contributed by atoms with Crippen LogP contribution in [0.2, 0.25) is 0 Å². The number of hydrogen-bond acceptors (Lipinski definition) is 2. The van der Waals surface area contributed by atoms with Crippen molar-refractivity contribution in [2.45, 2.75) is 26.1 Å². The maximum Gasteiger partial charge on any atom is 0.120 e. The summed E-state index contributed by atoms with van der Waals surface area (Å²) in [5.41, 5.74) is 1.77. The number of aliphatic hydroxyl groups excluding tert-OH is 1. The minimum absolute atomic E-state index is 0.129. The van der Waals surface area contributed by atoms with Gasteiger partial charge < -0.3 is 9.84 Å². The number of ether oxygens (including phenoxy) is 1. The third-order valence-electron chi connectivity index (χ3n) is 2.75. The van der Waals surface area contributed by atoms with Crippen LogP contribution < -0.4 is 4.74 Å². The average Bonchev–Trinajstić information content (AvgIpc) is 2.38. The fourth-order valence-electron chi connectivity index (χ4n) is 1.91. The van der Waals surface area contributed by atoms with Crippen molar-refractivity contribution in [3.05, 3.63) is 63.2 Å². The third-order valence-corrected chi connectivity index (χ3v) is 3.73. The summed E-state index contributed by atoms with van der Waals surface area (Å²) in [6.07, 6.45) is -0.493. The summed E-state index contributed by atoms with van der Waals surface area (Å²) in [5, 5.41) is 10.5. The molecule has 0 spiro atoms. The molecule has 2 rings (SSSR count). The van der Waals surface area contributed by atoms with E-state index in [0.717, 1.165) is 20.4 Å². The molecular formula is C16H17IO2. The molecule has 3 heteroatoms. The molecule has 0 saturated carbocycles. The highest BCUT2D eigenvalue weighted by atomic mass is 127. The number of benzene rings is 2. The first-order valence-electron chi connectivity index (χ1n) is 6.27. The van der Waals surface area contributed by atoms with Crippen molar-refractivity contribution < 1.29 is 9.84 Å². The molecule has 19 heavy (non-hydrogen) atoms. The van der Waals surface area contributed by atoms with E-state index in [-0.39, 0.29) is 6.10 Å². The quantitative estimate of drug-likeness (QED) is 0.822. The summed E-state index contributed by atoms with van der Waals surface area (Å²) in [6.45, 7) is 3.98. The van der Waals surface area contributed by atoms with Gasteiger partial charge >= 0.3 is 0 Å². The molecule has 0 saturated heterocycles. The first-order chi connectivity index (χ1) is 9.08. The molecule has 0 bridgehead atoms. The maximum absolute atomic E-state index is 10.5. The minimum Gasteiger partial charge on any atom is -0.491 e. The number of halogens is 1. The molecule has 0 aromatic heterocycles. The van der Waals surface area contributed by atoms with E-state index in [4.69, 9.17) is 4.74 Å². The summed E-state index contributed by atoms with van der Waals surface area (Å²) in [7, 11) is 0. The molecule has 2 aromatic rings. The molecule has 0 aliphatic carbocycles. The van der Waals surface area contributed by atoms with Gasteiger partial charge in [-0.15, -0.1) is 0 Å². The van der Waals surface area contributed by atoms with Crippen LogP contribution in [-0.4, -0.2) is 11.2 Å². The van der Waals surface area contributed by atoms with Gasteiger partial charge in [-0.2, -0.15) is 0 Å². The summed E-state index contributed by atoms with van der Waals surface area (Å²) >= 11 is 2.24. The molecular weight excluding hydrogens is 351 g/mol. The number of hydrogen-bond donors (Lipinski definition) is 1. The summed E-state index contributed by atoms with van der Waals surface area (Å²) in [4.78, 5) is 0. The molecule has 0 aliphatic rings. The van der Waals surface area contributed by atoms with Crippen molar-refractivity contribution in [3.63, 3.8) is 0 Å². The van der Waals surface area contributed by atoms with Crippen molar-refractivity contribution in [1.29, 1.82) is 0 Å². The van der Waals surface area contributed by atoms with Gasteiger partial charge in [-0.3, -0.25) is 0 Å². The van der Waals surface area contributed by atoms with E-state index in [0.29, 0.717) is 0 Å². The van der Waals surface area contributed by atoms with Gasteiger partial charge in [0.2, 0.25) is 0 Å². The topological polar surface area (TPSA) is 29.5 Å². The van der Waals surface area contributed by atoms with Crippen molar-refractivity contribution in [2.75, 3.05) is 0 Å². The fourth-order valence-corrected chi connectivity index (χ4v) is 2.59. The normalized spacial score (nSPS) is 12.5. The smallest absolute Gasteiger partial charge is 0.120 e. The van der Waals surface area contributed by atoms with Gasteiger partial charge in [0.15, 0.2) is 0 Å². The van der Waals surface area contributed by atoms with Crippen LogP contribution in [0.3, 0.4) is 0 Å². The lowest BCUT2D eigenvalue weighted by atomic mass is 10.0. The lowest BCUT2D eigenvalue weighted by Gasteiger charge is -2.15. The lowest BCUT2D eigenvalue weighted by Crippen LogP contribution is -2.07. The Kier molecular flexibility index (Phi) is 4.82. The summed E-state index contributed by atoms with van der Waals surface area (Å²) < 4.78 is 6.72. The van der Waals surface area contributed by atoms with Crippen molar-refractivity contribution in [1.82, 2.24) is 0 Å². The van der Waals surface area contributed by atoms with E-state index in [1.807, 2.05) is 62.4 Å². The zero-order valence-electron chi connectivity index (χ0n) is 11.0. The van der Waals surface area contributed by atoms with Crippen molar-refractivity contribution in [3.8, 4) is 5.75 Å². The Bertz CT molecular complexity index is 552. The van der Waals surface area contributed by atoms with Gasteiger partial charge in [-0.1, -0.05) is 30.3 Å². The predicted octanol–water partition coefficient (Wildman–Crippen LogP) is 4.16. The Hall–Kier alpha value is -1.07. The van der Waals surface area contributed by atoms with Crippen LogP contribution in [0.4, 0.5) is 0 Å². The molecule has 1 atom stereocenters. The van der Waals surface area contributed by atoms with E-state index in [2.05, 4.69) is 22.6 Å². The molecule has 0 amide bonds. The highest BCUT2D eigenvalue weighted by Gasteiger charge is 2.13. The van der Waals surface area contributed by atoms with Gasteiger partial charge in [-0.25, -0.2) is 0 Å². The molecule has 100 valence electrons. The molecule has 0 radical (unpaired) electrons. The van der Waals surface area contributed by atoms with Gasteiger partial charge in [0, 0.05) is 3.57 Å². The van der Waals surface area contributed by atoms with Gasteiger partial charge in [-0.05, 0) is 65.8 Å². The minimum atomic E-state index is -0.621. The maximum atomic E-state index is 10.5. The van der Waals surface area contributed by atoms with Gasteiger partial charge in [0.1, 0.15) is 11.9 Å². The van der Waals surface area contributed by atoms with Crippen LogP contribution in [0.15, 0.2) is 48.5 Å². The Morgan fingerprint density at radius 2 is 1.79 bits per heavy atom. The van der Waals surface area contributed by atoms with E-state index in [1.54, 1.807) is 0 Å². The van der Waals surface area contributed by atoms with E-state index >= 15 is 0 Å². The molecule has 1 unspecified atom stereocenters. The molecule has 0 aliphatic heterocycles. The highest BCUT2D eigenvalue weighted by molar-refractivity contribution is 14.1. The Balaban J connectivity index is 2.29. The van der Waals surface area contributed by atoms with E-state index < -0.39 is 6.10 Å². The van der Waals surface area contributed by atoms with Crippen LogP contribution in [0.5, 0.6) is 5.75 Å². The monoisotopic (exact) mass is 368 g/mol. The van der Waals surface area contributed by atoms with Crippen molar-refractivity contribution in [2.24, 2.45) is 0 Å². The molecule has 0 fully saturated rings. The summed E-state index contributed by atoms with van der Waals surface area (Å²) in [6, 6.07) is 15.5. The zero-order chi connectivity index (χ0) is 13.8. The average molecular weight is 368 g/mol. The van der Waals surface area contributed by atoms with E-state index in [1.165, 1.54) is 0 Å². The zero-order valence-corrected chi connectivity index (χ0v) is 13.2. The SMILES string of the molecule is CC(C)Oc1cccc(C(O)c2ccccc2I)c1. The highest BCUT2D eigenvalue weighted by Crippen LogP contribution is 2.28. The van der Waals surface area contributed by atoms with Crippen LogP contribution >= 0.6 is 22.6 Å². The first-order valence-corrected chi connectivity index (χ1v) is 7.35. The van der Waals surface area contributed by atoms with Gasteiger partial charge in [0.05, 0.1) is 6.10 Å². The third kappa shape index (κ3) is 3.70. The Labute approximate surface area is 127 Å². The standard InChI is InChI=1S/C16H17IO2/c1-11(2)19-13-7-5-6-12(10-13)16(18)14-8-3-4-9-15(14)17/h3-11,16,18H,1-2H3. The number of rotatable bonds is 4. The summed E-state index contributed by atoms with van der Waals surface area (Å²) in [5.74, 6) is 0.789. The van der Waals surface area contributed by atoms with Crippen LogP contribution in [-0.2, 0) is 0 Å². The molecule has 1 N–H and O–H groups in total. The predicted molar refractivity (Wildman–Crippen MR) is 85.4 cm³/mol. The van der Waals surface area contributed by atoms with Crippen LogP contribution in [0.1, 0.15) is 31.1 Å². The van der Waals surface area contributed by atoms with Crippen molar-refractivity contribution >= 4 is 22.6 Å². The second-order valence-electron chi connectivity index (χ2n) is 4.66. The van der Waals surface area contributed by atoms with E-state index in [9.17, 15) is 5.11 Å². The Morgan fingerprint density at radius 3 is 2.47 bits per heavy atom. The first kappa shape index (κ1) is 14.3. The lowest BCUT2D eigenvalue weighted by molar-refractivity contribution is 0.215. The second-order valence-corrected chi connectivity index (χ2v) is 5.83. The molecule has 2 nitrogen and oxygen atoms in total. The second kappa shape index (κ2) is 6.39. The van der Waals surface area contributed by atoms with Crippen LogP contribution in [0, 0.1) is 3.57 Å². The molecule has 0 heterocycles. The van der Waals surface area contributed by atoms with Gasteiger partial charge in [0.25, 0.3) is 0 Å².